The van der Waals surface area contributed by atoms with Gasteiger partial charge in [-0.15, -0.1) is 0 Å². The largest absolute Gasteiger partial charge is 0.490 e. The number of alkyl halides is 3. The van der Waals surface area contributed by atoms with Gasteiger partial charge in [0.1, 0.15) is 0 Å². The van der Waals surface area contributed by atoms with Crippen molar-refractivity contribution in [3.8, 4) is 0 Å². The molecule has 3 amide bonds. The van der Waals surface area contributed by atoms with E-state index in [0.29, 0.717) is 6.54 Å². The molecular weight excluding hydrogens is 431 g/mol. The number of nitrogens with two attached hydrogens (primary N) is 2. The van der Waals surface area contributed by atoms with Crippen LogP contribution in [-0.4, -0.2) is 35.0 Å². The molecule has 11 heteroatoms. The van der Waals surface area contributed by atoms with Gasteiger partial charge in [-0.05, 0) is 22.3 Å². The molecule has 2 aromatic rings. The maximum absolute atomic E-state index is 12.2. The molecule has 32 heavy (non-hydrogen) atoms. The first kappa shape index (κ1) is 26.4. The molecule has 0 saturated heterocycles. The summed E-state index contributed by atoms with van der Waals surface area (Å²) in [6.07, 6.45) is -5.13. The van der Waals surface area contributed by atoms with Crippen LogP contribution in [0.25, 0.3) is 10.8 Å². The molecule has 0 heterocycles. The van der Waals surface area contributed by atoms with E-state index in [0.717, 1.165) is 16.3 Å². The van der Waals surface area contributed by atoms with Crippen LogP contribution in [0, 0.1) is 11.8 Å². The summed E-state index contributed by atoms with van der Waals surface area (Å²) in [7, 11) is 0. The number of benzene rings is 2. The second-order valence-electron chi connectivity index (χ2n) is 7.08. The smallest absolute Gasteiger partial charge is 0.475 e. The number of nitrogens with one attached hydrogen (secondary N) is 1. The zero-order chi connectivity index (χ0) is 24.5. The molecule has 0 aliphatic carbocycles. The molecule has 0 saturated carbocycles. The van der Waals surface area contributed by atoms with E-state index in [1.165, 1.54) is 0 Å². The summed E-state index contributed by atoms with van der Waals surface area (Å²) in [4.78, 5) is 43.6. The second kappa shape index (κ2) is 11.7. The molecular formula is C21H24F3N3O5. The summed E-state index contributed by atoms with van der Waals surface area (Å²) >= 11 is 0. The topological polar surface area (TPSA) is 153 Å². The lowest BCUT2D eigenvalue weighted by Gasteiger charge is -2.19. The van der Waals surface area contributed by atoms with Crippen molar-refractivity contribution in [3.63, 3.8) is 0 Å². The highest BCUT2D eigenvalue weighted by molar-refractivity contribution is 5.87. The number of halogens is 3. The highest BCUT2D eigenvalue weighted by Crippen LogP contribution is 2.20. The SMILES string of the molecule is C[C@@H](CC(=O)NCc1cccc2ccccc12)C(CC(N)=O)C(N)=O.O=C(O)C(F)(F)F. The van der Waals surface area contributed by atoms with Gasteiger partial charge in [0, 0.05) is 25.3 Å². The Morgan fingerprint density at radius 1 is 1.00 bits per heavy atom. The third-order valence-corrected chi connectivity index (χ3v) is 4.58. The van der Waals surface area contributed by atoms with E-state index >= 15 is 0 Å². The van der Waals surface area contributed by atoms with E-state index in [4.69, 9.17) is 21.4 Å². The quantitative estimate of drug-likeness (QED) is 0.480. The standard InChI is InChI=1S/C19H23N3O3.C2HF3O2/c1-12(16(19(21)25)10-17(20)23)9-18(24)22-11-14-7-4-6-13-5-2-3-8-15(13)14;3-2(4,5)1(6)7/h2-8,12,16H,9-11H2,1H3,(H2,20,23)(H2,21,25)(H,22,24);(H,6,7)/t12-,16?;/m0./s1. The number of carboxylic acid groups (broad SMARTS) is 1. The molecule has 2 atom stereocenters. The van der Waals surface area contributed by atoms with Crippen LogP contribution in [0.1, 0.15) is 25.3 Å². The van der Waals surface area contributed by atoms with Gasteiger partial charge < -0.3 is 21.9 Å². The monoisotopic (exact) mass is 455 g/mol. The molecule has 0 fully saturated rings. The number of carbonyl (C=O) groups is 4. The zero-order valence-electron chi connectivity index (χ0n) is 17.2. The van der Waals surface area contributed by atoms with Gasteiger partial charge >= 0.3 is 12.1 Å². The first-order chi connectivity index (χ1) is 14.8. The van der Waals surface area contributed by atoms with Gasteiger partial charge in [0.15, 0.2) is 0 Å². The Kier molecular flexibility index (Phi) is 9.64. The van der Waals surface area contributed by atoms with Crippen LogP contribution in [0.15, 0.2) is 42.5 Å². The Morgan fingerprint density at radius 3 is 2.09 bits per heavy atom. The molecule has 0 aromatic heterocycles. The van der Waals surface area contributed by atoms with Crippen molar-refractivity contribution in [3.05, 3.63) is 48.0 Å². The van der Waals surface area contributed by atoms with Crippen molar-refractivity contribution in [2.75, 3.05) is 0 Å². The Hall–Kier alpha value is -3.63. The summed E-state index contributed by atoms with van der Waals surface area (Å²) in [5.41, 5.74) is 11.5. The maximum Gasteiger partial charge on any atom is 0.490 e. The summed E-state index contributed by atoms with van der Waals surface area (Å²) in [5, 5.41) is 12.2. The van der Waals surface area contributed by atoms with Gasteiger partial charge in [-0.3, -0.25) is 14.4 Å². The van der Waals surface area contributed by atoms with Crippen LogP contribution in [0.4, 0.5) is 13.2 Å². The lowest BCUT2D eigenvalue weighted by molar-refractivity contribution is -0.192. The lowest BCUT2D eigenvalue weighted by Crippen LogP contribution is -2.35. The van der Waals surface area contributed by atoms with Crippen molar-refractivity contribution in [2.24, 2.45) is 23.3 Å². The summed E-state index contributed by atoms with van der Waals surface area (Å²) in [5.74, 6) is -5.28. The fourth-order valence-corrected chi connectivity index (χ4v) is 2.95. The summed E-state index contributed by atoms with van der Waals surface area (Å²) in [6, 6.07) is 13.9. The van der Waals surface area contributed by atoms with Crippen molar-refractivity contribution >= 4 is 34.5 Å². The molecule has 0 aliphatic heterocycles. The van der Waals surface area contributed by atoms with Gasteiger partial charge in [0.2, 0.25) is 17.7 Å². The Morgan fingerprint density at radius 2 is 1.56 bits per heavy atom. The number of carbonyl (C=O) groups excluding carboxylic acids is 3. The normalized spacial score (nSPS) is 12.8. The Bertz CT molecular complexity index is 973. The van der Waals surface area contributed by atoms with Crippen LogP contribution in [0.3, 0.4) is 0 Å². The first-order valence-electron chi connectivity index (χ1n) is 9.44. The van der Waals surface area contributed by atoms with Crippen molar-refractivity contribution in [1.29, 1.82) is 0 Å². The zero-order valence-corrected chi connectivity index (χ0v) is 17.2. The van der Waals surface area contributed by atoms with E-state index < -0.39 is 29.9 Å². The highest BCUT2D eigenvalue weighted by atomic mass is 19.4. The average Bonchev–Trinajstić information content (AvgIpc) is 2.69. The molecule has 0 spiro atoms. The Balaban J connectivity index is 0.000000633. The summed E-state index contributed by atoms with van der Waals surface area (Å²) in [6.45, 7) is 2.11. The van der Waals surface area contributed by atoms with Gasteiger partial charge in [-0.2, -0.15) is 13.2 Å². The Labute approximate surface area is 181 Å². The third-order valence-electron chi connectivity index (χ3n) is 4.58. The fourth-order valence-electron chi connectivity index (χ4n) is 2.95. The van der Waals surface area contributed by atoms with Gasteiger partial charge in [0.25, 0.3) is 0 Å². The number of primary amides is 2. The average molecular weight is 455 g/mol. The predicted molar refractivity (Wildman–Crippen MR) is 110 cm³/mol. The fraction of sp³-hybridized carbons (Fsp3) is 0.333. The highest BCUT2D eigenvalue weighted by Gasteiger charge is 2.38. The van der Waals surface area contributed by atoms with Crippen LogP contribution in [-0.2, 0) is 25.7 Å². The van der Waals surface area contributed by atoms with E-state index in [1.807, 2.05) is 42.5 Å². The maximum atomic E-state index is 12.2. The number of rotatable bonds is 8. The number of fused-ring (bicyclic) bond motifs is 1. The molecule has 0 aliphatic rings. The van der Waals surface area contributed by atoms with Gasteiger partial charge in [0.05, 0.1) is 0 Å². The first-order valence-corrected chi connectivity index (χ1v) is 9.44. The third kappa shape index (κ3) is 8.62. The predicted octanol–water partition coefficient (Wildman–Crippen LogP) is 2.09. The van der Waals surface area contributed by atoms with Crippen LogP contribution >= 0.6 is 0 Å². The number of amides is 3. The number of carboxylic acids is 1. The molecule has 8 nitrogen and oxygen atoms in total. The molecule has 0 radical (unpaired) electrons. The van der Waals surface area contributed by atoms with Crippen LogP contribution in [0.2, 0.25) is 0 Å². The number of hydrogen-bond acceptors (Lipinski definition) is 4. The lowest BCUT2D eigenvalue weighted by atomic mass is 9.87. The molecule has 1 unspecified atom stereocenters. The second-order valence-corrected chi connectivity index (χ2v) is 7.08. The van der Waals surface area contributed by atoms with Crippen molar-refractivity contribution in [2.45, 2.75) is 32.5 Å². The van der Waals surface area contributed by atoms with Crippen molar-refractivity contribution in [1.82, 2.24) is 5.32 Å². The molecule has 174 valence electrons. The van der Waals surface area contributed by atoms with E-state index in [1.54, 1.807) is 6.92 Å². The van der Waals surface area contributed by atoms with E-state index in [9.17, 15) is 27.6 Å². The molecule has 0 bridgehead atoms. The van der Waals surface area contributed by atoms with Crippen molar-refractivity contribution < 1.29 is 37.5 Å². The minimum Gasteiger partial charge on any atom is -0.475 e. The van der Waals surface area contributed by atoms with E-state index in [2.05, 4.69) is 5.32 Å². The van der Waals surface area contributed by atoms with Gasteiger partial charge in [-0.25, -0.2) is 4.79 Å². The van der Waals surface area contributed by atoms with Crippen LogP contribution < -0.4 is 16.8 Å². The van der Waals surface area contributed by atoms with Crippen LogP contribution in [0.5, 0.6) is 0 Å². The molecule has 2 rings (SSSR count). The molecule has 2 aromatic carbocycles. The van der Waals surface area contributed by atoms with Gasteiger partial charge in [-0.1, -0.05) is 49.4 Å². The van der Waals surface area contributed by atoms with E-state index in [-0.39, 0.29) is 24.7 Å². The number of aliphatic carboxylic acids is 1. The molecule has 6 N–H and O–H groups in total. The minimum atomic E-state index is -5.08. The number of hydrogen-bond donors (Lipinski definition) is 4. The summed E-state index contributed by atoms with van der Waals surface area (Å²) < 4.78 is 31.7. The minimum absolute atomic E-state index is 0.103.